The molecule has 4 nitrogen and oxygen atoms in total. The minimum absolute atomic E-state index is 0.255. The highest BCUT2D eigenvalue weighted by Gasteiger charge is 2.03. The molecule has 0 fully saturated rings. The van der Waals surface area contributed by atoms with E-state index < -0.39 is 10.0 Å². The topological polar surface area (TPSA) is 59.1 Å². The minimum Gasteiger partial charge on any atom is -0.260 e. The highest BCUT2D eigenvalue weighted by atomic mass is 32.2. The van der Waals surface area contributed by atoms with E-state index in [2.05, 4.69) is 9.71 Å². The Morgan fingerprint density at radius 1 is 1.54 bits per heavy atom. The Morgan fingerprint density at radius 3 is 2.77 bits per heavy atom. The Morgan fingerprint density at radius 2 is 2.23 bits per heavy atom. The molecule has 0 unspecified atom stereocenters. The Hall–Kier alpha value is -0.940. The van der Waals surface area contributed by atoms with E-state index >= 15 is 0 Å². The van der Waals surface area contributed by atoms with Gasteiger partial charge in [0.25, 0.3) is 0 Å². The molecule has 0 spiro atoms. The first-order valence-corrected chi connectivity index (χ1v) is 5.73. The summed E-state index contributed by atoms with van der Waals surface area (Å²) in [5.74, 6) is 0. The van der Waals surface area contributed by atoms with Crippen molar-refractivity contribution in [2.24, 2.45) is 0 Å². The third-order valence-corrected chi connectivity index (χ3v) is 2.29. The van der Waals surface area contributed by atoms with Gasteiger partial charge in [-0.1, -0.05) is 6.07 Å². The van der Waals surface area contributed by atoms with Crippen molar-refractivity contribution in [3.05, 3.63) is 29.6 Å². The lowest BCUT2D eigenvalue weighted by Gasteiger charge is -2.03. The van der Waals surface area contributed by atoms with Crippen LogP contribution in [-0.2, 0) is 16.6 Å². The van der Waals surface area contributed by atoms with Crippen LogP contribution in [0.4, 0.5) is 0 Å². The summed E-state index contributed by atoms with van der Waals surface area (Å²) in [5.41, 5.74) is 1.74. The minimum atomic E-state index is -3.13. The van der Waals surface area contributed by atoms with E-state index in [1.807, 2.05) is 19.1 Å². The van der Waals surface area contributed by atoms with Crippen LogP contribution < -0.4 is 4.72 Å². The van der Waals surface area contributed by atoms with Crippen LogP contribution in [0.3, 0.4) is 0 Å². The monoisotopic (exact) mass is 200 g/mol. The first-order chi connectivity index (χ1) is 5.99. The van der Waals surface area contributed by atoms with Gasteiger partial charge in [-0.05, 0) is 18.6 Å². The Balaban J connectivity index is 2.71. The molecule has 0 bridgehead atoms. The Labute approximate surface area is 78.1 Å². The number of aryl methyl sites for hydroxylation is 1. The number of nitrogens with one attached hydrogen (secondary N) is 1. The molecule has 1 aromatic rings. The maximum atomic E-state index is 10.8. The first kappa shape index (κ1) is 10.1. The van der Waals surface area contributed by atoms with Crippen LogP contribution in [-0.4, -0.2) is 19.7 Å². The van der Waals surface area contributed by atoms with Gasteiger partial charge >= 0.3 is 0 Å². The third-order valence-electron chi connectivity index (χ3n) is 1.62. The van der Waals surface area contributed by atoms with Gasteiger partial charge in [-0.25, -0.2) is 13.1 Å². The number of rotatable bonds is 3. The fourth-order valence-electron chi connectivity index (χ4n) is 0.903. The van der Waals surface area contributed by atoms with E-state index in [0.717, 1.165) is 17.5 Å². The molecule has 0 saturated heterocycles. The maximum absolute atomic E-state index is 10.8. The van der Waals surface area contributed by atoms with Crippen molar-refractivity contribution in [1.29, 1.82) is 0 Å². The molecule has 0 aliphatic carbocycles. The summed E-state index contributed by atoms with van der Waals surface area (Å²) in [7, 11) is -3.13. The number of pyridine rings is 1. The normalized spacial score (nSPS) is 11.5. The first-order valence-electron chi connectivity index (χ1n) is 3.84. The van der Waals surface area contributed by atoms with Gasteiger partial charge in [-0.15, -0.1) is 0 Å². The molecule has 1 aromatic heterocycles. The smallest absolute Gasteiger partial charge is 0.209 e. The van der Waals surface area contributed by atoms with Crippen LogP contribution in [0.25, 0.3) is 0 Å². The highest BCUT2D eigenvalue weighted by Crippen LogP contribution is 2.02. The number of aromatic nitrogens is 1. The van der Waals surface area contributed by atoms with Gasteiger partial charge in [-0.3, -0.25) is 4.98 Å². The number of nitrogens with zero attached hydrogens (tertiary/aromatic N) is 1. The van der Waals surface area contributed by atoms with E-state index in [4.69, 9.17) is 0 Å². The van der Waals surface area contributed by atoms with Crippen LogP contribution in [0.1, 0.15) is 11.3 Å². The summed E-state index contributed by atoms with van der Waals surface area (Å²) >= 11 is 0. The lowest BCUT2D eigenvalue weighted by molar-refractivity contribution is 0.586. The van der Waals surface area contributed by atoms with Crippen molar-refractivity contribution in [2.45, 2.75) is 13.5 Å². The van der Waals surface area contributed by atoms with Crippen molar-refractivity contribution in [3.63, 3.8) is 0 Å². The average Bonchev–Trinajstić information content (AvgIpc) is 2.01. The molecule has 0 atom stereocenters. The molecule has 0 saturated carbocycles. The van der Waals surface area contributed by atoms with E-state index in [0.29, 0.717) is 0 Å². The van der Waals surface area contributed by atoms with Gasteiger partial charge in [0, 0.05) is 6.20 Å². The largest absolute Gasteiger partial charge is 0.260 e. The second-order valence-corrected chi connectivity index (χ2v) is 4.69. The Bertz CT molecular complexity index is 387. The maximum Gasteiger partial charge on any atom is 0.209 e. The summed E-state index contributed by atoms with van der Waals surface area (Å²) < 4.78 is 23.9. The summed E-state index contributed by atoms with van der Waals surface area (Å²) in [5, 5.41) is 0. The van der Waals surface area contributed by atoms with Gasteiger partial charge in [0.2, 0.25) is 10.0 Å². The lowest BCUT2D eigenvalue weighted by atomic mass is 10.2. The fraction of sp³-hybridized carbons (Fsp3) is 0.375. The molecule has 0 aromatic carbocycles. The number of hydrogen-bond donors (Lipinski definition) is 1. The van der Waals surface area contributed by atoms with Crippen molar-refractivity contribution in [3.8, 4) is 0 Å². The summed E-state index contributed by atoms with van der Waals surface area (Å²) in [6, 6.07) is 3.71. The quantitative estimate of drug-likeness (QED) is 0.770. The highest BCUT2D eigenvalue weighted by molar-refractivity contribution is 7.88. The van der Waals surface area contributed by atoms with Crippen molar-refractivity contribution >= 4 is 10.0 Å². The second-order valence-electron chi connectivity index (χ2n) is 2.86. The predicted molar refractivity (Wildman–Crippen MR) is 50.7 cm³/mol. The predicted octanol–water partition coefficient (Wildman–Crippen LogP) is 0.439. The zero-order valence-corrected chi connectivity index (χ0v) is 8.43. The summed E-state index contributed by atoms with van der Waals surface area (Å²) in [4.78, 5) is 4.05. The molecule has 0 aliphatic heterocycles. The molecule has 0 amide bonds. The van der Waals surface area contributed by atoms with Gasteiger partial charge in [0.1, 0.15) is 0 Å². The van der Waals surface area contributed by atoms with Crippen LogP contribution >= 0.6 is 0 Å². The van der Waals surface area contributed by atoms with Gasteiger partial charge in [-0.2, -0.15) is 0 Å². The number of hydrogen-bond acceptors (Lipinski definition) is 3. The van der Waals surface area contributed by atoms with E-state index in [-0.39, 0.29) is 6.54 Å². The third kappa shape index (κ3) is 3.52. The molecule has 0 aliphatic rings. The van der Waals surface area contributed by atoms with Crippen LogP contribution in [0.15, 0.2) is 18.3 Å². The second kappa shape index (κ2) is 3.85. The van der Waals surface area contributed by atoms with Gasteiger partial charge in [0.15, 0.2) is 0 Å². The van der Waals surface area contributed by atoms with Crippen LogP contribution in [0, 0.1) is 6.92 Å². The molecule has 72 valence electrons. The van der Waals surface area contributed by atoms with Gasteiger partial charge in [0.05, 0.1) is 18.5 Å². The van der Waals surface area contributed by atoms with E-state index in [1.165, 1.54) is 0 Å². The van der Waals surface area contributed by atoms with Crippen molar-refractivity contribution in [2.75, 3.05) is 6.26 Å². The molecule has 0 radical (unpaired) electrons. The Kier molecular flexibility index (Phi) is 3.00. The molecule has 13 heavy (non-hydrogen) atoms. The molecular formula is C8H12N2O2S. The molecule has 1 N–H and O–H groups in total. The molecule has 1 rings (SSSR count). The standard InChI is InChI=1S/C8H12N2O2S/c1-7-4-3-5-9-8(7)6-10-13(2,11)12/h3-5,10H,6H2,1-2H3. The summed E-state index contributed by atoms with van der Waals surface area (Å²) in [6.45, 7) is 2.15. The molecule has 1 heterocycles. The van der Waals surface area contributed by atoms with Crippen LogP contribution in [0.5, 0.6) is 0 Å². The zero-order valence-electron chi connectivity index (χ0n) is 7.61. The number of sulfonamides is 1. The average molecular weight is 200 g/mol. The zero-order chi connectivity index (χ0) is 9.90. The van der Waals surface area contributed by atoms with Crippen molar-refractivity contribution in [1.82, 2.24) is 9.71 Å². The van der Waals surface area contributed by atoms with E-state index in [9.17, 15) is 8.42 Å². The SMILES string of the molecule is Cc1cccnc1CNS(C)(=O)=O. The molecular weight excluding hydrogens is 188 g/mol. The lowest BCUT2D eigenvalue weighted by Crippen LogP contribution is -2.22. The van der Waals surface area contributed by atoms with Crippen molar-refractivity contribution < 1.29 is 8.42 Å². The van der Waals surface area contributed by atoms with E-state index in [1.54, 1.807) is 6.20 Å². The summed E-state index contributed by atoms with van der Waals surface area (Å²) in [6.07, 6.45) is 2.78. The molecule has 5 heteroatoms. The van der Waals surface area contributed by atoms with Gasteiger partial charge < -0.3 is 0 Å². The van der Waals surface area contributed by atoms with Crippen LogP contribution in [0.2, 0.25) is 0 Å². The fourth-order valence-corrected chi connectivity index (χ4v) is 1.30.